The van der Waals surface area contributed by atoms with Crippen molar-refractivity contribution in [2.45, 2.75) is 6.10 Å². The maximum atomic E-state index is 14.6. The van der Waals surface area contributed by atoms with Gasteiger partial charge in [0.2, 0.25) is 0 Å². The molecule has 0 bridgehead atoms. The van der Waals surface area contributed by atoms with E-state index >= 15 is 0 Å². The number of carboxylic acids is 1. The fourth-order valence-corrected chi connectivity index (χ4v) is 3.64. The number of pyridine rings is 1. The molecule has 1 aliphatic rings. The Morgan fingerprint density at radius 2 is 2.16 bits per heavy atom. The van der Waals surface area contributed by atoms with Crippen molar-refractivity contribution in [1.29, 1.82) is 0 Å². The quantitative estimate of drug-likeness (QED) is 0.603. The number of morpholine rings is 1. The van der Waals surface area contributed by atoms with Crippen molar-refractivity contribution in [3.63, 3.8) is 0 Å². The van der Waals surface area contributed by atoms with Crippen LogP contribution in [0.4, 0.5) is 15.9 Å². The van der Waals surface area contributed by atoms with Gasteiger partial charge in [0.15, 0.2) is 0 Å². The van der Waals surface area contributed by atoms with Crippen LogP contribution in [0.25, 0.3) is 11.3 Å². The molecule has 0 radical (unpaired) electrons. The average molecular weight is 468 g/mol. The first-order valence-electron chi connectivity index (χ1n) is 9.18. The smallest absolute Gasteiger partial charge is 0.340 e. The lowest BCUT2D eigenvalue weighted by atomic mass is 10.0. The highest BCUT2D eigenvalue weighted by Gasteiger charge is 2.27. The van der Waals surface area contributed by atoms with Crippen molar-refractivity contribution in [1.82, 2.24) is 14.8 Å². The Morgan fingerprint density at radius 3 is 2.81 bits per heavy atom. The van der Waals surface area contributed by atoms with Gasteiger partial charge in [-0.2, -0.15) is 5.10 Å². The number of nitrogen functional groups attached to an aromatic ring is 1. The van der Waals surface area contributed by atoms with Gasteiger partial charge in [0.25, 0.3) is 0 Å². The van der Waals surface area contributed by atoms with Gasteiger partial charge in [0, 0.05) is 48.5 Å². The lowest BCUT2D eigenvalue weighted by molar-refractivity contribution is 0.0395. The van der Waals surface area contributed by atoms with E-state index in [1.54, 1.807) is 10.9 Å². The van der Waals surface area contributed by atoms with Crippen LogP contribution >= 0.6 is 24.0 Å². The first-order chi connectivity index (χ1) is 14.3. The molecule has 1 saturated heterocycles. The van der Waals surface area contributed by atoms with Crippen molar-refractivity contribution < 1.29 is 19.0 Å². The molecule has 1 fully saturated rings. The number of anilines is 2. The number of benzene rings is 1. The molecule has 0 aliphatic carbocycles. The largest absolute Gasteiger partial charge is 0.478 e. The SMILES string of the molecule is Cl.Cn1cc([C@H]2CN(c3cc(N)c(C(=O)O)c(-c4ccc(Cl)cc4F)n3)CCO2)cn1. The van der Waals surface area contributed by atoms with Gasteiger partial charge >= 0.3 is 5.97 Å². The van der Waals surface area contributed by atoms with E-state index in [2.05, 4.69) is 10.1 Å². The predicted octanol–water partition coefficient (Wildman–Crippen LogP) is 3.55. The minimum absolute atomic E-state index is 0. The first kappa shape index (κ1) is 22.8. The van der Waals surface area contributed by atoms with E-state index in [-0.39, 0.29) is 46.0 Å². The third kappa shape index (κ3) is 4.58. The number of carbonyl (C=O) groups is 1. The molecule has 31 heavy (non-hydrogen) atoms. The normalized spacial score (nSPS) is 16.1. The molecule has 11 heteroatoms. The van der Waals surface area contributed by atoms with Crippen molar-refractivity contribution in [2.75, 3.05) is 30.3 Å². The second-order valence-corrected chi connectivity index (χ2v) is 7.41. The molecular weight excluding hydrogens is 448 g/mol. The summed E-state index contributed by atoms with van der Waals surface area (Å²) in [5.74, 6) is -1.52. The Kier molecular flexibility index (Phi) is 6.68. The van der Waals surface area contributed by atoms with Crippen molar-refractivity contribution >= 4 is 41.5 Å². The van der Waals surface area contributed by atoms with Crippen LogP contribution in [-0.2, 0) is 11.8 Å². The average Bonchev–Trinajstić information content (AvgIpc) is 3.13. The fraction of sp³-hybridized carbons (Fsp3) is 0.250. The number of halogens is 3. The number of aromatic nitrogens is 3. The number of aromatic carboxylic acids is 1. The van der Waals surface area contributed by atoms with E-state index in [0.29, 0.717) is 25.5 Å². The van der Waals surface area contributed by atoms with E-state index in [9.17, 15) is 14.3 Å². The number of hydrogen-bond donors (Lipinski definition) is 2. The number of rotatable bonds is 4. The van der Waals surface area contributed by atoms with Gasteiger partial charge in [-0.1, -0.05) is 11.6 Å². The molecule has 164 valence electrons. The Bertz CT molecular complexity index is 1120. The number of nitrogens with zero attached hydrogens (tertiary/aromatic N) is 4. The number of ether oxygens (including phenoxy) is 1. The summed E-state index contributed by atoms with van der Waals surface area (Å²) in [6.07, 6.45) is 3.38. The van der Waals surface area contributed by atoms with Crippen LogP contribution in [0.3, 0.4) is 0 Å². The number of hydrogen-bond acceptors (Lipinski definition) is 6. The summed E-state index contributed by atoms with van der Waals surface area (Å²) in [5, 5.41) is 14.0. The molecule has 0 amide bonds. The van der Waals surface area contributed by atoms with Crippen LogP contribution in [0.1, 0.15) is 22.0 Å². The van der Waals surface area contributed by atoms with Crippen LogP contribution in [0.15, 0.2) is 36.7 Å². The van der Waals surface area contributed by atoms with Gasteiger partial charge in [-0.25, -0.2) is 14.2 Å². The molecule has 8 nitrogen and oxygen atoms in total. The van der Waals surface area contributed by atoms with E-state index in [1.165, 1.54) is 18.2 Å². The highest BCUT2D eigenvalue weighted by molar-refractivity contribution is 6.30. The minimum atomic E-state index is -1.29. The summed E-state index contributed by atoms with van der Waals surface area (Å²) >= 11 is 5.84. The van der Waals surface area contributed by atoms with Gasteiger partial charge in [-0.05, 0) is 18.2 Å². The Morgan fingerprint density at radius 1 is 1.39 bits per heavy atom. The van der Waals surface area contributed by atoms with Gasteiger partial charge in [0.1, 0.15) is 23.3 Å². The Hall–Kier alpha value is -2.88. The zero-order chi connectivity index (χ0) is 21.4. The highest BCUT2D eigenvalue weighted by Crippen LogP contribution is 2.34. The molecule has 0 spiro atoms. The second kappa shape index (κ2) is 9.09. The molecule has 0 unspecified atom stereocenters. The van der Waals surface area contributed by atoms with E-state index in [4.69, 9.17) is 22.1 Å². The first-order valence-corrected chi connectivity index (χ1v) is 9.55. The molecule has 2 aromatic heterocycles. The maximum Gasteiger partial charge on any atom is 0.340 e. The molecule has 0 saturated carbocycles. The van der Waals surface area contributed by atoms with Crippen LogP contribution in [0, 0.1) is 5.82 Å². The van der Waals surface area contributed by atoms with Crippen molar-refractivity contribution in [3.8, 4) is 11.3 Å². The summed E-state index contributed by atoms with van der Waals surface area (Å²) in [4.78, 5) is 18.2. The number of carboxylic acid groups (broad SMARTS) is 1. The zero-order valence-electron chi connectivity index (χ0n) is 16.5. The zero-order valence-corrected chi connectivity index (χ0v) is 18.0. The molecule has 1 atom stereocenters. The molecular formula is C20H20Cl2FN5O3. The lowest BCUT2D eigenvalue weighted by Crippen LogP contribution is -2.39. The van der Waals surface area contributed by atoms with Gasteiger partial charge < -0.3 is 20.5 Å². The molecule has 1 aliphatic heterocycles. The maximum absolute atomic E-state index is 14.6. The van der Waals surface area contributed by atoms with Crippen LogP contribution in [-0.4, -0.2) is 45.5 Å². The third-order valence-corrected chi connectivity index (χ3v) is 5.16. The predicted molar refractivity (Wildman–Crippen MR) is 117 cm³/mol. The summed E-state index contributed by atoms with van der Waals surface area (Å²) in [7, 11) is 1.82. The van der Waals surface area contributed by atoms with Gasteiger partial charge in [0.05, 0.1) is 24.2 Å². The summed E-state index contributed by atoms with van der Waals surface area (Å²) < 4.78 is 22.1. The monoisotopic (exact) mass is 467 g/mol. The number of nitrogens with two attached hydrogens (primary N) is 1. The van der Waals surface area contributed by atoms with E-state index in [1.807, 2.05) is 18.1 Å². The molecule has 3 N–H and O–H groups in total. The van der Waals surface area contributed by atoms with Crippen molar-refractivity contribution in [2.24, 2.45) is 7.05 Å². The summed E-state index contributed by atoms with van der Waals surface area (Å²) in [6, 6.07) is 5.48. The standard InChI is InChI=1S/C20H19ClFN5O3.ClH/c1-26-9-11(8-24-26)16-10-27(4-5-30-16)17-7-15(23)18(20(28)29)19(25-17)13-3-2-12(21)6-14(13)22;/h2-3,6-9,16H,4-5,10H2,1H3,(H2,23,25)(H,28,29);1H/t16-;/m1./s1. The van der Waals surface area contributed by atoms with Crippen LogP contribution < -0.4 is 10.6 Å². The van der Waals surface area contributed by atoms with E-state index in [0.717, 1.165) is 11.6 Å². The highest BCUT2D eigenvalue weighted by atomic mass is 35.5. The number of aryl methyl sites for hydroxylation is 1. The lowest BCUT2D eigenvalue weighted by Gasteiger charge is -2.34. The molecule has 3 heterocycles. The topological polar surface area (TPSA) is 106 Å². The Balaban J connectivity index is 0.00000272. The summed E-state index contributed by atoms with van der Waals surface area (Å²) in [5.41, 5.74) is 6.69. The Labute approximate surface area is 188 Å². The van der Waals surface area contributed by atoms with Gasteiger partial charge in [-0.15, -0.1) is 12.4 Å². The molecule has 1 aromatic carbocycles. The minimum Gasteiger partial charge on any atom is -0.478 e. The third-order valence-electron chi connectivity index (χ3n) is 4.92. The fourth-order valence-electron chi connectivity index (χ4n) is 3.48. The van der Waals surface area contributed by atoms with E-state index < -0.39 is 11.8 Å². The van der Waals surface area contributed by atoms with Gasteiger partial charge in [-0.3, -0.25) is 4.68 Å². The molecule has 4 rings (SSSR count). The summed E-state index contributed by atoms with van der Waals surface area (Å²) in [6.45, 7) is 1.43. The molecule has 3 aromatic rings. The van der Waals surface area contributed by atoms with Crippen molar-refractivity contribution in [3.05, 3.63) is 58.6 Å². The van der Waals surface area contributed by atoms with Crippen LogP contribution in [0.5, 0.6) is 0 Å². The second-order valence-electron chi connectivity index (χ2n) is 6.98. The van der Waals surface area contributed by atoms with Crippen LogP contribution in [0.2, 0.25) is 5.02 Å².